The summed E-state index contributed by atoms with van der Waals surface area (Å²) in [4.78, 5) is 4.05. The molecule has 0 saturated heterocycles. The van der Waals surface area contributed by atoms with Crippen LogP contribution < -0.4 is 20.1 Å². The first-order chi connectivity index (χ1) is 12.2. The zero-order valence-electron chi connectivity index (χ0n) is 15.7. The van der Waals surface area contributed by atoms with Gasteiger partial charge in [-0.3, -0.25) is 0 Å². The average molecular weight is 437 g/mol. The van der Waals surface area contributed by atoms with Gasteiger partial charge in [-0.2, -0.15) is 0 Å². The zero-order chi connectivity index (χ0) is 17.9. The van der Waals surface area contributed by atoms with Gasteiger partial charge in [-0.25, -0.2) is 4.98 Å². The maximum absolute atomic E-state index is 5.84. The van der Waals surface area contributed by atoms with Crippen LogP contribution in [0.25, 0.3) is 0 Å². The number of aromatic nitrogens is 1. The standard InChI is InChI=1S/C19H26ClN3O2.2ClH/c1-3-21-9-4-10-22-12-15-5-7-17(18(11-15)24-2)25-14-16-6-8-19(20)23-13-16;;/h5-8,11,13,21-22H,3-4,9-10,12,14H2,1-2H3;2*1H. The van der Waals surface area contributed by atoms with Gasteiger partial charge < -0.3 is 20.1 Å². The molecular weight excluding hydrogens is 409 g/mol. The van der Waals surface area contributed by atoms with Gasteiger partial charge in [0.15, 0.2) is 11.5 Å². The molecule has 1 heterocycles. The summed E-state index contributed by atoms with van der Waals surface area (Å²) < 4.78 is 11.3. The van der Waals surface area contributed by atoms with Crippen LogP contribution >= 0.6 is 36.4 Å². The highest BCUT2D eigenvalue weighted by molar-refractivity contribution is 6.29. The number of methoxy groups -OCH3 is 1. The van der Waals surface area contributed by atoms with E-state index in [4.69, 9.17) is 21.1 Å². The smallest absolute Gasteiger partial charge is 0.161 e. The van der Waals surface area contributed by atoms with Crippen LogP contribution in [-0.4, -0.2) is 31.7 Å². The largest absolute Gasteiger partial charge is 0.493 e. The zero-order valence-corrected chi connectivity index (χ0v) is 18.1. The lowest BCUT2D eigenvalue weighted by atomic mass is 10.2. The third-order valence-electron chi connectivity index (χ3n) is 3.70. The molecule has 0 fully saturated rings. The lowest BCUT2D eigenvalue weighted by Crippen LogP contribution is -2.21. The molecule has 0 atom stereocenters. The fourth-order valence-electron chi connectivity index (χ4n) is 2.34. The molecule has 0 radical (unpaired) electrons. The van der Waals surface area contributed by atoms with E-state index in [1.165, 1.54) is 5.56 Å². The molecule has 0 bridgehead atoms. The summed E-state index contributed by atoms with van der Waals surface area (Å²) >= 11 is 5.79. The molecule has 0 saturated carbocycles. The highest BCUT2D eigenvalue weighted by Crippen LogP contribution is 2.28. The quantitative estimate of drug-likeness (QED) is 0.407. The van der Waals surface area contributed by atoms with Gasteiger partial charge in [0.2, 0.25) is 0 Å². The Morgan fingerprint density at radius 2 is 1.74 bits per heavy atom. The molecule has 27 heavy (non-hydrogen) atoms. The highest BCUT2D eigenvalue weighted by atomic mass is 35.5. The average Bonchev–Trinajstić information content (AvgIpc) is 2.64. The minimum Gasteiger partial charge on any atom is -0.493 e. The molecule has 5 nitrogen and oxygen atoms in total. The van der Waals surface area contributed by atoms with Crippen LogP contribution in [0.3, 0.4) is 0 Å². The Morgan fingerprint density at radius 3 is 2.41 bits per heavy atom. The SMILES string of the molecule is CCNCCCNCc1ccc(OCc2ccc(Cl)nc2)c(OC)c1.Cl.Cl. The van der Waals surface area contributed by atoms with Crippen LogP contribution in [-0.2, 0) is 13.2 Å². The van der Waals surface area contributed by atoms with E-state index in [0.29, 0.717) is 17.5 Å². The molecule has 2 N–H and O–H groups in total. The summed E-state index contributed by atoms with van der Waals surface area (Å²) in [6, 6.07) is 9.65. The van der Waals surface area contributed by atoms with Crippen LogP contribution in [0, 0.1) is 0 Å². The van der Waals surface area contributed by atoms with Crippen molar-refractivity contribution in [3.05, 3.63) is 52.8 Å². The van der Waals surface area contributed by atoms with E-state index in [0.717, 1.165) is 43.9 Å². The van der Waals surface area contributed by atoms with E-state index in [1.54, 1.807) is 19.4 Å². The van der Waals surface area contributed by atoms with Gasteiger partial charge in [0, 0.05) is 18.3 Å². The number of halogens is 3. The topological polar surface area (TPSA) is 55.4 Å². The number of pyridine rings is 1. The number of rotatable bonds is 11. The van der Waals surface area contributed by atoms with Crippen molar-refractivity contribution in [2.45, 2.75) is 26.5 Å². The number of hydrogen-bond acceptors (Lipinski definition) is 5. The summed E-state index contributed by atoms with van der Waals surface area (Å²) in [6.45, 7) is 6.39. The minimum absolute atomic E-state index is 0. The first-order valence-corrected chi connectivity index (χ1v) is 8.92. The van der Waals surface area contributed by atoms with E-state index in [9.17, 15) is 0 Å². The molecule has 1 aromatic carbocycles. The van der Waals surface area contributed by atoms with Crippen LogP contribution in [0.2, 0.25) is 5.15 Å². The lowest BCUT2D eigenvalue weighted by Gasteiger charge is -2.13. The molecule has 2 aromatic rings. The minimum atomic E-state index is 0. The van der Waals surface area contributed by atoms with Gasteiger partial charge in [0.1, 0.15) is 11.8 Å². The predicted molar refractivity (Wildman–Crippen MR) is 116 cm³/mol. The van der Waals surface area contributed by atoms with Gasteiger partial charge >= 0.3 is 0 Å². The predicted octanol–water partition coefficient (Wildman–Crippen LogP) is 4.26. The second-order valence-electron chi connectivity index (χ2n) is 5.65. The van der Waals surface area contributed by atoms with Crippen molar-refractivity contribution in [1.82, 2.24) is 15.6 Å². The molecule has 0 unspecified atom stereocenters. The van der Waals surface area contributed by atoms with Crippen LogP contribution in [0.15, 0.2) is 36.5 Å². The Bertz CT molecular complexity index is 643. The Morgan fingerprint density at radius 1 is 1.00 bits per heavy atom. The van der Waals surface area contributed by atoms with Crippen molar-refractivity contribution in [2.24, 2.45) is 0 Å². The van der Waals surface area contributed by atoms with Crippen LogP contribution in [0.5, 0.6) is 11.5 Å². The summed E-state index contributed by atoms with van der Waals surface area (Å²) in [6.07, 6.45) is 2.82. The van der Waals surface area contributed by atoms with Crippen molar-refractivity contribution in [3.8, 4) is 11.5 Å². The van der Waals surface area contributed by atoms with Crippen molar-refractivity contribution in [1.29, 1.82) is 0 Å². The summed E-state index contributed by atoms with van der Waals surface area (Å²) in [5, 5.41) is 7.23. The van der Waals surface area contributed by atoms with Gasteiger partial charge in [0.05, 0.1) is 7.11 Å². The van der Waals surface area contributed by atoms with Crippen molar-refractivity contribution >= 4 is 36.4 Å². The molecule has 2 rings (SSSR count). The van der Waals surface area contributed by atoms with E-state index in [2.05, 4.69) is 28.6 Å². The number of nitrogens with zero attached hydrogens (tertiary/aromatic N) is 1. The van der Waals surface area contributed by atoms with E-state index >= 15 is 0 Å². The molecule has 152 valence electrons. The Balaban J connectivity index is 0.00000338. The Kier molecular flexibility index (Phi) is 14.1. The maximum atomic E-state index is 5.84. The lowest BCUT2D eigenvalue weighted by molar-refractivity contribution is 0.284. The maximum Gasteiger partial charge on any atom is 0.161 e. The molecule has 0 aliphatic carbocycles. The van der Waals surface area contributed by atoms with E-state index < -0.39 is 0 Å². The third kappa shape index (κ3) is 9.49. The number of hydrogen-bond donors (Lipinski definition) is 2. The van der Waals surface area contributed by atoms with E-state index in [-0.39, 0.29) is 24.8 Å². The Labute approximate surface area is 179 Å². The second kappa shape index (κ2) is 14.8. The molecule has 8 heteroatoms. The summed E-state index contributed by atoms with van der Waals surface area (Å²) in [5.41, 5.74) is 2.12. The normalized spacial score (nSPS) is 9.89. The molecule has 0 aliphatic heterocycles. The van der Waals surface area contributed by atoms with Gasteiger partial charge in [-0.1, -0.05) is 30.7 Å². The number of nitrogens with one attached hydrogen (secondary N) is 2. The summed E-state index contributed by atoms with van der Waals surface area (Å²) in [7, 11) is 1.65. The number of ether oxygens (including phenoxy) is 2. The van der Waals surface area contributed by atoms with Crippen LogP contribution in [0.1, 0.15) is 24.5 Å². The molecule has 0 amide bonds. The van der Waals surface area contributed by atoms with Crippen LogP contribution in [0.4, 0.5) is 0 Å². The molecular formula is C19H28Cl3N3O2. The Hall–Kier alpha value is -1.24. The molecule has 0 aliphatic rings. The van der Waals surface area contributed by atoms with Gasteiger partial charge in [-0.15, -0.1) is 24.8 Å². The second-order valence-corrected chi connectivity index (χ2v) is 6.03. The summed E-state index contributed by atoms with van der Waals surface area (Å²) in [5.74, 6) is 1.45. The monoisotopic (exact) mass is 435 g/mol. The first-order valence-electron chi connectivity index (χ1n) is 8.54. The van der Waals surface area contributed by atoms with Crippen molar-refractivity contribution < 1.29 is 9.47 Å². The number of benzene rings is 1. The fraction of sp³-hybridized carbons (Fsp3) is 0.421. The van der Waals surface area contributed by atoms with E-state index in [1.807, 2.05) is 18.2 Å². The first kappa shape index (κ1) is 25.8. The highest BCUT2D eigenvalue weighted by Gasteiger charge is 2.06. The van der Waals surface area contributed by atoms with Gasteiger partial charge in [-0.05, 0) is 49.8 Å². The van der Waals surface area contributed by atoms with Crippen molar-refractivity contribution in [3.63, 3.8) is 0 Å². The molecule has 1 aromatic heterocycles. The van der Waals surface area contributed by atoms with Crippen molar-refractivity contribution in [2.75, 3.05) is 26.7 Å². The van der Waals surface area contributed by atoms with Gasteiger partial charge in [0.25, 0.3) is 0 Å². The third-order valence-corrected chi connectivity index (χ3v) is 3.92. The molecule has 0 spiro atoms. The fourth-order valence-corrected chi connectivity index (χ4v) is 2.45.